The third-order valence-corrected chi connectivity index (χ3v) is 8.42. The van der Waals surface area contributed by atoms with E-state index < -0.39 is 72.0 Å². The maximum Gasteiger partial charge on any atom is 0.455 e. The summed E-state index contributed by atoms with van der Waals surface area (Å²) in [4.78, 5) is 27.6. The Bertz CT molecular complexity index is 1480. The number of carbonyl (C=O) groups excluding carboxylic acids is 2. The molecule has 2 aromatic rings. The number of imide groups is 1. The largest absolute Gasteiger partial charge is 0.507 e. The molecule has 0 aromatic heterocycles. The molecule has 2 heterocycles. The number of phenols is 1. The Kier molecular flexibility index (Phi) is 8.02. The topological polar surface area (TPSA) is 87.1 Å². The van der Waals surface area contributed by atoms with E-state index >= 15 is 0 Å². The van der Waals surface area contributed by atoms with E-state index in [2.05, 4.69) is 0 Å². The van der Waals surface area contributed by atoms with Gasteiger partial charge in [0.2, 0.25) is 11.8 Å². The van der Waals surface area contributed by atoms with Crippen molar-refractivity contribution in [3.05, 3.63) is 75.9 Å². The van der Waals surface area contributed by atoms with Crippen molar-refractivity contribution in [2.75, 3.05) is 4.90 Å². The van der Waals surface area contributed by atoms with Crippen LogP contribution in [0.5, 0.6) is 5.75 Å². The van der Waals surface area contributed by atoms with E-state index in [1.54, 1.807) is 31.2 Å². The number of benzene rings is 2. The van der Waals surface area contributed by atoms with Crippen molar-refractivity contribution in [2.24, 2.45) is 17.8 Å². The molecular formula is C30H28BF6NO5. The maximum absolute atomic E-state index is 13.7. The van der Waals surface area contributed by atoms with Crippen LogP contribution in [0.3, 0.4) is 0 Å². The Morgan fingerprint density at radius 1 is 1.02 bits per heavy atom. The summed E-state index contributed by atoms with van der Waals surface area (Å²) < 4.78 is 87.0. The lowest BCUT2D eigenvalue weighted by atomic mass is 9.59. The molecule has 2 fully saturated rings. The molecule has 1 aliphatic carbocycles. The molecule has 43 heavy (non-hydrogen) atoms. The van der Waals surface area contributed by atoms with E-state index in [0.29, 0.717) is 41.0 Å². The fourth-order valence-electron chi connectivity index (χ4n) is 6.55. The minimum absolute atomic E-state index is 0.0552. The number of aromatic hydroxyl groups is 1. The second kappa shape index (κ2) is 11.2. The predicted molar refractivity (Wildman–Crippen MR) is 145 cm³/mol. The van der Waals surface area contributed by atoms with Crippen LogP contribution in [0.15, 0.2) is 59.2 Å². The lowest BCUT2D eigenvalue weighted by Crippen LogP contribution is -2.46. The Hall–Kier alpha value is -3.58. The monoisotopic (exact) mass is 607 g/mol. The van der Waals surface area contributed by atoms with Crippen molar-refractivity contribution in [3.8, 4) is 5.75 Å². The summed E-state index contributed by atoms with van der Waals surface area (Å²) in [6.07, 6.45) is -8.22. The number of phenolic OH excluding ortho intramolecular Hbond substituents is 1. The minimum Gasteiger partial charge on any atom is -0.507 e. The number of fused-ring (bicyclic) bond motifs is 3. The Labute approximate surface area is 243 Å². The molecule has 6 nitrogen and oxygen atoms in total. The molecule has 0 bridgehead atoms. The highest BCUT2D eigenvalue weighted by Gasteiger charge is 2.57. The van der Waals surface area contributed by atoms with Crippen molar-refractivity contribution in [2.45, 2.75) is 57.9 Å². The number of alkyl halides is 6. The van der Waals surface area contributed by atoms with Crippen LogP contribution in [0, 0.1) is 17.8 Å². The van der Waals surface area contributed by atoms with Gasteiger partial charge >= 0.3 is 19.5 Å². The van der Waals surface area contributed by atoms with Gasteiger partial charge in [-0.1, -0.05) is 35.4 Å². The van der Waals surface area contributed by atoms with Crippen molar-refractivity contribution in [1.82, 2.24) is 0 Å². The van der Waals surface area contributed by atoms with Gasteiger partial charge in [0.1, 0.15) is 5.75 Å². The summed E-state index contributed by atoms with van der Waals surface area (Å²) in [5, 5.41) is 20.7. The number of nitrogens with zero attached hydrogens (tertiary/aromatic N) is 1. The van der Waals surface area contributed by atoms with Crippen LogP contribution in [0.4, 0.5) is 32.0 Å². The van der Waals surface area contributed by atoms with Crippen LogP contribution in [-0.2, 0) is 26.6 Å². The first-order chi connectivity index (χ1) is 20.1. The van der Waals surface area contributed by atoms with E-state index in [-0.39, 0.29) is 24.6 Å². The molecule has 2 aromatic carbocycles. The Balaban J connectivity index is 1.44. The van der Waals surface area contributed by atoms with Crippen molar-refractivity contribution in [3.63, 3.8) is 0 Å². The van der Waals surface area contributed by atoms with Gasteiger partial charge in [-0.25, -0.2) is 4.90 Å². The SMILES string of the molecule is CC1=C2[C@@H](CC/C(C)=C/c3ccccc3O)OB(O)C[C@@H]2[C@@H]2C(=O)N(c3cc(C(F)(F)F)cc(C(F)(F)F)c3)C(=O)[C@@H]2C1. The van der Waals surface area contributed by atoms with Crippen molar-refractivity contribution < 1.29 is 50.7 Å². The van der Waals surface area contributed by atoms with E-state index in [4.69, 9.17) is 4.65 Å². The number of hydrogen-bond donors (Lipinski definition) is 2. The quantitative estimate of drug-likeness (QED) is 0.173. The van der Waals surface area contributed by atoms with Gasteiger partial charge in [-0.15, -0.1) is 0 Å². The molecule has 0 saturated carbocycles. The molecule has 2 N–H and O–H groups in total. The highest BCUT2D eigenvalue weighted by molar-refractivity contribution is 6.43. The lowest BCUT2D eigenvalue weighted by Gasteiger charge is -2.42. The number of carbonyl (C=O) groups is 2. The number of allylic oxidation sites excluding steroid dienone is 2. The zero-order chi connectivity index (χ0) is 31.4. The van der Waals surface area contributed by atoms with Gasteiger partial charge < -0.3 is 14.8 Å². The molecule has 2 amide bonds. The van der Waals surface area contributed by atoms with Gasteiger partial charge in [0.25, 0.3) is 0 Å². The summed E-state index contributed by atoms with van der Waals surface area (Å²) in [5.74, 6) is -4.43. The number of halogens is 6. The maximum atomic E-state index is 13.7. The molecule has 2 aliphatic heterocycles. The van der Waals surface area contributed by atoms with E-state index in [9.17, 15) is 46.1 Å². The molecule has 5 rings (SSSR count). The summed E-state index contributed by atoms with van der Waals surface area (Å²) >= 11 is 0. The van der Waals surface area contributed by atoms with Crippen molar-refractivity contribution in [1.29, 1.82) is 0 Å². The van der Waals surface area contributed by atoms with Gasteiger partial charge in [-0.3, -0.25) is 9.59 Å². The second-order valence-corrected chi connectivity index (χ2v) is 11.4. The van der Waals surface area contributed by atoms with Crippen LogP contribution >= 0.6 is 0 Å². The first-order valence-electron chi connectivity index (χ1n) is 13.7. The molecule has 13 heteroatoms. The molecule has 0 radical (unpaired) electrons. The second-order valence-electron chi connectivity index (χ2n) is 11.4. The third kappa shape index (κ3) is 5.97. The third-order valence-electron chi connectivity index (χ3n) is 8.42. The van der Waals surface area contributed by atoms with Crippen LogP contribution in [0.1, 0.15) is 49.8 Å². The van der Waals surface area contributed by atoms with E-state index in [1.807, 2.05) is 13.0 Å². The molecule has 228 valence electrons. The highest BCUT2D eigenvalue weighted by atomic mass is 19.4. The number of hydrogen-bond acceptors (Lipinski definition) is 5. The summed E-state index contributed by atoms with van der Waals surface area (Å²) in [6.45, 7) is 3.62. The van der Waals surface area contributed by atoms with Gasteiger partial charge in [-0.05, 0) is 75.2 Å². The van der Waals surface area contributed by atoms with Crippen LogP contribution in [0.25, 0.3) is 6.08 Å². The first kappa shape index (κ1) is 30.9. The first-order valence-corrected chi connectivity index (χ1v) is 13.7. The van der Waals surface area contributed by atoms with Crippen molar-refractivity contribution >= 4 is 30.7 Å². The number of anilines is 1. The molecule has 0 spiro atoms. The molecule has 2 saturated heterocycles. The van der Waals surface area contributed by atoms with E-state index in [0.717, 1.165) is 11.1 Å². The van der Waals surface area contributed by atoms with Crippen LogP contribution in [-0.4, -0.2) is 35.2 Å². The average molecular weight is 607 g/mol. The van der Waals surface area contributed by atoms with Crippen LogP contribution in [0.2, 0.25) is 6.32 Å². The van der Waals surface area contributed by atoms with E-state index in [1.165, 1.54) is 0 Å². The molecule has 3 aliphatic rings. The van der Waals surface area contributed by atoms with Gasteiger partial charge in [0.05, 0.1) is 34.8 Å². The number of rotatable bonds is 5. The average Bonchev–Trinajstić information content (AvgIpc) is 3.16. The fourth-order valence-corrected chi connectivity index (χ4v) is 6.55. The Morgan fingerprint density at radius 3 is 2.26 bits per heavy atom. The fraction of sp³-hybridized carbons (Fsp3) is 0.400. The standard InChI is InChI=1S/C30H28BF6NO5/c1-15(9-17-5-3-4-6-23(17)39)7-8-24-25-16(2)10-21-26(22(25)14-31(42)43-24)28(41)38(27(21)40)20-12-18(29(32,33)34)11-19(13-20)30(35,36)37/h3-6,9,11-13,21-22,24,26,39,42H,7-8,10,14H2,1-2H3/b15-9+/t21-,22+,24-,26-/m1/s1. The van der Waals surface area contributed by atoms with Crippen LogP contribution < -0.4 is 4.90 Å². The smallest absolute Gasteiger partial charge is 0.455 e. The Morgan fingerprint density at radius 2 is 1.65 bits per heavy atom. The number of para-hydroxylation sites is 1. The molecular weight excluding hydrogens is 579 g/mol. The zero-order valence-corrected chi connectivity index (χ0v) is 23.2. The van der Waals surface area contributed by atoms with Gasteiger partial charge in [0.15, 0.2) is 0 Å². The van der Waals surface area contributed by atoms with Gasteiger partial charge in [-0.2, -0.15) is 26.3 Å². The zero-order valence-electron chi connectivity index (χ0n) is 23.2. The minimum atomic E-state index is -5.15. The summed E-state index contributed by atoms with van der Waals surface area (Å²) in [6, 6.07) is 7.49. The lowest BCUT2D eigenvalue weighted by molar-refractivity contribution is -0.143. The highest BCUT2D eigenvalue weighted by Crippen LogP contribution is 2.52. The van der Waals surface area contributed by atoms with Gasteiger partial charge in [0, 0.05) is 5.56 Å². The summed E-state index contributed by atoms with van der Waals surface area (Å²) in [5.41, 5.74) is -1.08. The predicted octanol–water partition coefficient (Wildman–Crippen LogP) is 6.63. The normalized spacial score (nSPS) is 24.9. The molecule has 4 atom stereocenters. The number of amides is 2. The summed E-state index contributed by atoms with van der Waals surface area (Å²) in [7, 11) is -1.30. The molecule has 0 unspecified atom stereocenters.